The average molecular weight is 262 g/mol. The second-order valence-electron chi connectivity index (χ2n) is 3.94. The third-order valence-electron chi connectivity index (χ3n) is 2.10. The zero-order valence-electron chi connectivity index (χ0n) is 10.2. The van der Waals surface area contributed by atoms with Crippen LogP contribution in [0.1, 0.15) is 13.8 Å². The minimum atomic E-state index is -0.223. The first-order valence-electron chi connectivity index (χ1n) is 5.59. The smallest absolute Gasteiger partial charge is 0.329 e. The van der Waals surface area contributed by atoms with Gasteiger partial charge < -0.3 is 5.32 Å². The molecule has 0 fully saturated rings. The maximum atomic E-state index is 12.2. The number of amides is 2. The molecule has 2 aromatic heterocycles. The normalized spacial score (nSPS) is 10.4. The van der Waals surface area contributed by atoms with Gasteiger partial charge in [0.15, 0.2) is 5.13 Å². The van der Waals surface area contributed by atoms with Crippen LogP contribution in [0.15, 0.2) is 36.0 Å². The van der Waals surface area contributed by atoms with E-state index in [1.54, 1.807) is 18.5 Å². The van der Waals surface area contributed by atoms with E-state index in [2.05, 4.69) is 15.3 Å². The van der Waals surface area contributed by atoms with Crippen LogP contribution in [0.2, 0.25) is 0 Å². The van der Waals surface area contributed by atoms with Gasteiger partial charge in [0, 0.05) is 23.8 Å². The number of hydrogen-bond donors (Lipinski definition) is 1. The van der Waals surface area contributed by atoms with Crippen LogP contribution in [0.4, 0.5) is 15.7 Å². The number of nitrogens with zero attached hydrogens (tertiary/aromatic N) is 3. The molecule has 18 heavy (non-hydrogen) atoms. The quantitative estimate of drug-likeness (QED) is 0.925. The summed E-state index contributed by atoms with van der Waals surface area (Å²) in [5, 5.41) is 5.27. The minimum absolute atomic E-state index is 0.0590. The Hall–Kier alpha value is -1.95. The molecule has 1 N–H and O–H groups in total. The summed E-state index contributed by atoms with van der Waals surface area (Å²) in [5.41, 5.74) is 0. The molecule has 2 heterocycles. The van der Waals surface area contributed by atoms with Gasteiger partial charge in [-0.15, -0.1) is 11.3 Å². The molecule has 0 bridgehead atoms. The Morgan fingerprint density at radius 3 is 2.72 bits per heavy atom. The third-order valence-corrected chi connectivity index (χ3v) is 2.86. The molecule has 0 aliphatic carbocycles. The molecule has 0 saturated heterocycles. The maximum absolute atomic E-state index is 12.2. The lowest BCUT2D eigenvalue weighted by Crippen LogP contribution is -2.40. The standard InChI is InChI=1S/C12H14N4OS/c1-9(2)15-11(17)16(12-14-7-8-18-12)10-5-3-4-6-13-10/h3-9H,1-2H3,(H,15,17). The van der Waals surface area contributed by atoms with Crippen molar-refractivity contribution in [2.45, 2.75) is 19.9 Å². The van der Waals surface area contributed by atoms with E-state index in [1.807, 2.05) is 31.4 Å². The van der Waals surface area contributed by atoms with Crippen LogP contribution in [0, 0.1) is 0 Å². The number of carbonyl (C=O) groups excluding carboxylic acids is 1. The summed E-state index contributed by atoms with van der Waals surface area (Å²) in [6.45, 7) is 3.83. The number of urea groups is 1. The number of aromatic nitrogens is 2. The van der Waals surface area contributed by atoms with Gasteiger partial charge in [0.1, 0.15) is 5.82 Å². The lowest BCUT2D eigenvalue weighted by molar-refractivity contribution is 0.246. The van der Waals surface area contributed by atoms with Crippen molar-refractivity contribution in [3.05, 3.63) is 36.0 Å². The van der Waals surface area contributed by atoms with Crippen LogP contribution in [0.25, 0.3) is 0 Å². The van der Waals surface area contributed by atoms with Crippen molar-refractivity contribution in [3.63, 3.8) is 0 Å². The highest BCUT2D eigenvalue weighted by atomic mass is 32.1. The van der Waals surface area contributed by atoms with E-state index in [4.69, 9.17) is 0 Å². The van der Waals surface area contributed by atoms with Crippen molar-refractivity contribution in [3.8, 4) is 0 Å². The predicted octanol–water partition coefficient (Wildman–Crippen LogP) is 2.79. The van der Waals surface area contributed by atoms with E-state index in [-0.39, 0.29) is 12.1 Å². The molecule has 0 spiro atoms. The minimum Gasteiger partial charge on any atom is -0.335 e. The van der Waals surface area contributed by atoms with E-state index >= 15 is 0 Å². The SMILES string of the molecule is CC(C)NC(=O)N(c1ccccn1)c1nccs1. The van der Waals surface area contributed by atoms with Gasteiger partial charge in [-0.05, 0) is 26.0 Å². The summed E-state index contributed by atoms with van der Waals surface area (Å²) in [7, 11) is 0. The molecule has 94 valence electrons. The maximum Gasteiger partial charge on any atom is 0.329 e. The Bertz CT molecular complexity index is 498. The average Bonchev–Trinajstić information content (AvgIpc) is 2.83. The van der Waals surface area contributed by atoms with Crippen LogP contribution < -0.4 is 10.2 Å². The highest BCUT2D eigenvalue weighted by molar-refractivity contribution is 7.13. The van der Waals surface area contributed by atoms with Crippen molar-refractivity contribution in [2.75, 3.05) is 4.90 Å². The second kappa shape index (κ2) is 5.59. The molecule has 0 aromatic carbocycles. The summed E-state index contributed by atoms with van der Waals surface area (Å²) >= 11 is 1.40. The first-order valence-corrected chi connectivity index (χ1v) is 6.47. The molecular weight excluding hydrogens is 248 g/mol. The van der Waals surface area contributed by atoms with Crippen molar-refractivity contribution in [1.82, 2.24) is 15.3 Å². The molecule has 0 atom stereocenters. The molecular formula is C12H14N4OS. The third kappa shape index (κ3) is 2.84. The lowest BCUT2D eigenvalue weighted by Gasteiger charge is -2.20. The molecule has 0 aliphatic rings. The van der Waals surface area contributed by atoms with Gasteiger partial charge in [-0.3, -0.25) is 0 Å². The van der Waals surface area contributed by atoms with E-state index in [1.165, 1.54) is 16.2 Å². The molecule has 0 aliphatic heterocycles. The van der Waals surface area contributed by atoms with Gasteiger partial charge >= 0.3 is 6.03 Å². The first kappa shape index (κ1) is 12.5. The number of hydrogen-bond acceptors (Lipinski definition) is 4. The fourth-order valence-electron chi connectivity index (χ4n) is 1.41. The van der Waals surface area contributed by atoms with Crippen LogP contribution in [0.3, 0.4) is 0 Å². The Morgan fingerprint density at radius 1 is 1.33 bits per heavy atom. The number of nitrogens with one attached hydrogen (secondary N) is 1. The monoisotopic (exact) mass is 262 g/mol. The van der Waals surface area contributed by atoms with Crippen molar-refractivity contribution in [1.29, 1.82) is 0 Å². The number of pyridine rings is 1. The van der Waals surface area contributed by atoms with E-state index in [9.17, 15) is 4.79 Å². The van der Waals surface area contributed by atoms with E-state index in [0.717, 1.165) is 0 Å². The fourth-order valence-corrected chi connectivity index (χ4v) is 2.06. The largest absolute Gasteiger partial charge is 0.335 e. The molecule has 6 heteroatoms. The van der Waals surface area contributed by atoms with Crippen LogP contribution in [-0.4, -0.2) is 22.0 Å². The van der Waals surface area contributed by atoms with Gasteiger partial charge in [0.05, 0.1) is 0 Å². The van der Waals surface area contributed by atoms with Crippen LogP contribution in [0.5, 0.6) is 0 Å². The van der Waals surface area contributed by atoms with Crippen LogP contribution >= 0.6 is 11.3 Å². The molecule has 0 unspecified atom stereocenters. The topological polar surface area (TPSA) is 58.1 Å². The van der Waals surface area contributed by atoms with Gasteiger partial charge in [-0.1, -0.05) is 6.07 Å². The van der Waals surface area contributed by atoms with Crippen molar-refractivity contribution >= 4 is 28.3 Å². The zero-order valence-corrected chi connectivity index (χ0v) is 11.0. The van der Waals surface area contributed by atoms with Gasteiger partial charge in [-0.25, -0.2) is 19.7 Å². The lowest BCUT2D eigenvalue weighted by atomic mass is 10.4. The summed E-state index contributed by atoms with van der Waals surface area (Å²) < 4.78 is 0. The Labute approximate surface area is 109 Å². The summed E-state index contributed by atoms with van der Waals surface area (Å²) in [5.74, 6) is 0.561. The summed E-state index contributed by atoms with van der Waals surface area (Å²) in [4.78, 5) is 22.0. The number of anilines is 2. The van der Waals surface area contributed by atoms with Crippen molar-refractivity contribution in [2.24, 2.45) is 0 Å². The van der Waals surface area contributed by atoms with Gasteiger partial charge in [0.2, 0.25) is 0 Å². The highest BCUT2D eigenvalue weighted by Crippen LogP contribution is 2.25. The fraction of sp³-hybridized carbons (Fsp3) is 0.250. The van der Waals surface area contributed by atoms with E-state index in [0.29, 0.717) is 10.9 Å². The highest BCUT2D eigenvalue weighted by Gasteiger charge is 2.21. The Balaban J connectivity index is 2.33. The van der Waals surface area contributed by atoms with Gasteiger partial charge in [-0.2, -0.15) is 0 Å². The van der Waals surface area contributed by atoms with Crippen molar-refractivity contribution < 1.29 is 4.79 Å². The number of thiazole rings is 1. The van der Waals surface area contributed by atoms with E-state index < -0.39 is 0 Å². The summed E-state index contributed by atoms with van der Waals surface area (Å²) in [6.07, 6.45) is 3.32. The second-order valence-corrected chi connectivity index (χ2v) is 4.82. The molecule has 0 radical (unpaired) electrons. The van der Waals surface area contributed by atoms with Gasteiger partial charge in [0.25, 0.3) is 0 Å². The molecule has 2 amide bonds. The Kier molecular flexibility index (Phi) is 3.88. The molecule has 5 nitrogen and oxygen atoms in total. The van der Waals surface area contributed by atoms with Crippen LogP contribution in [-0.2, 0) is 0 Å². The Morgan fingerprint density at radius 2 is 2.17 bits per heavy atom. The molecule has 0 saturated carbocycles. The number of rotatable bonds is 3. The first-order chi connectivity index (χ1) is 8.68. The number of carbonyl (C=O) groups is 1. The molecule has 2 aromatic rings. The zero-order chi connectivity index (χ0) is 13.0. The molecule has 2 rings (SSSR count). The summed E-state index contributed by atoms with van der Waals surface area (Å²) in [6, 6.07) is 5.26. The predicted molar refractivity (Wildman–Crippen MR) is 72.2 cm³/mol.